The van der Waals surface area contributed by atoms with Crippen LogP contribution in [0.4, 0.5) is 0 Å². The number of rotatable bonds is 7. The van der Waals surface area contributed by atoms with Crippen molar-refractivity contribution in [2.75, 3.05) is 20.1 Å². The predicted molar refractivity (Wildman–Crippen MR) is 72.3 cm³/mol. The van der Waals surface area contributed by atoms with E-state index in [0.29, 0.717) is 19.1 Å². The first-order valence-corrected chi connectivity index (χ1v) is 6.66. The second-order valence-corrected chi connectivity index (χ2v) is 5.30. The molecule has 0 spiro atoms. The van der Waals surface area contributed by atoms with Gasteiger partial charge in [0.2, 0.25) is 0 Å². The molecule has 100 valence electrons. The van der Waals surface area contributed by atoms with Crippen LogP contribution in [-0.4, -0.2) is 47.3 Å². The lowest BCUT2D eigenvalue weighted by Gasteiger charge is -2.20. The fourth-order valence-corrected chi connectivity index (χ4v) is 2.04. The summed E-state index contributed by atoms with van der Waals surface area (Å²) >= 11 is 0. The summed E-state index contributed by atoms with van der Waals surface area (Å²) < 4.78 is 0. The number of aryl methyl sites for hydroxylation is 1. The van der Waals surface area contributed by atoms with Crippen LogP contribution in [0.1, 0.15) is 24.2 Å². The summed E-state index contributed by atoms with van der Waals surface area (Å²) in [6, 6.07) is 6.70. The van der Waals surface area contributed by atoms with Crippen LogP contribution in [0.3, 0.4) is 0 Å². The molecule has 0 saturated heterocycles. The number of likely N-dealkylation sites (N-methyl/N-ethyl adjacent to an activating group) is 1. The van der Waals surface area contributed by atoms with Gasteiger partial charge in [-0.05, 0) is 38.9 Å². The molecular weight excluding hydrogens is 226 g/mol. The average Bonchev–Trinajstić information content (AvgIpc) is 3.09. The number of aromatic nitrogens is 1. The van der Waals surface area contributed by atoms with Crippen molar-refractivity contribution in [1.82, 2.24) is 15.2 Å². The minimum Gasteiger partial charge on any atom is -0.390 e. The minimum absolute atomic E-state index is 0.305. The molecule has 0 aromatic carbocycles. The lowest BCUT2D eigenvalue weighted by molar-refractivity contribution is 0.120. The van der Waals surface area contributed by atoms with Gasteiger partial charge < -0.3 is 10.4 Å². The topological polar surface area (TPSA) is 48.4 Å². The van der Waals surface area contributed by atoms with Crippen molar-refractivity contribution < 1.29 is 5.11 Å². The highest BCUT2D eigenvalue weighted by Crippen LogP contribution is 2.18. The lowest BCUT2D eigenvalue weighted by Crippen LogP contribution is -2.37. The zero-order chi connectivity index (χ0) is 13.0. The fourth-order valence-electron chi connectivity index (χ4n) is 2.04. The molecule has 0 bridgehead atoms. The minimum atomic E-state index is -0.305. The van der Waals surface area contributed by atoms with E-state index in [1.165, 1.54) is 12.8 Å². The zero-order valence-corrected chi connectivity index (χ0v) is 11.3. The molecule has 1 atom stereocenters. The summed E-state index contributed by atoms with van der Waals surface area (Å²) in [5.41, 5.74) is 2.09. The Morgan fingerprint density at radius 3 is 2.94 bits per heavy atom. The summed E-state index contributed by atoms with van der Waals surface area (Å²) in [6.45, 7) is 4.14. The second kappa shape index (κ2) is 6.27. The maximum absolute atomic E-state index is 9.90. The van der Waals surface area contributed by atoms with Crippen LogP contribution >= 0.6 is 0 Å². The molecule has 0 amide bonds. The van der Waals surface area contributed by atoms with E-state index in [0.717, 1.165) is 17.9 Å². The van der Waals surface area contributed by atoms with Gasteiger partial charge in [-0.25, -0.2) is 0 Å². The number of aliphatic hydroxyl groups is 1. The predicted octanol–water partition coefficient (Wildman–Crippen LogP) is 0.935. The first kappa shape index (κ1) is 13.5. The van der Waals surface area contributed by atoms with Gasteiger partial charge >= 0.3 is 0 Å². The van der Waals surface area contributed by atoms with Crippen molar-refractivity contribution >= 4 is 0 Å². The highest BCUT2D eigenvalue weighted by atomic mass is 16.3. The zero-order valence-electron chi connectivity index (χ0n) is 11.3. The van der Waals surface area contributed by atoms with Crippen LogP contribution in [0.15, 0.2) is 18.2 Å². The van der Waals surface area contributed by atoms with E-state index in [-0.39, 0.29) is 6.10 Å². The molecule has 4 nitrogen and oxygen atoms in total. The Morgan fingerprint density at radius 2 is 2.28 bits per heavy atom. The number of nitrogens with one attached hydrogen (secondary N) is 1. The van der Waals surface area contributed by atoms with E-state index < -0.39 is 0 Å². The van der Waals surface area contributed by atoms with Gasteiger partial charge in [0.15, 0.2) is 0 Å². The van der Waals surface area contributed by atoms with Crippen LogP contribution in [0, 0.1) is 6.92 Å². The molecule has 4 heteroatoms. The van der Waals surface area contributed by atoms with Crippen LogP contribution < -0.4 is 5.32 Å². The van der Waals surface area contributed by atoms with Crippen molar-refractivity contribution in [2.45, 2.75) is 38.5 Å². The number of aliphatic hydroxyl groups excluding tert-OH is 1. The molecule has 1 fully saturated rings. The highest BCUT2D eigenvalue weighted by molar-refractivity contribution is 5.09. The van der Waals surface area contributed by atoms with Gasteiger partial charge in [0, 0.05) is 31.4 Å². The number of nitrogens with zero attached hydrogens (tertiary/aromatic N) is 2. The molecule has 1 aliphatic rings. The van der Waals surface area contributed by atoms with Crippen LogP contribution in [0.5, 0.6) is 0 Å². The molecule has 1 heterocycles. The van der Waals surface area contributed by atoms with E-state index in [2.05, 4.69) is 15.2 Å². The molecule has 2 N–H and O–H groups in total. The van der Waals surface area contributed by atoms with Gasteiger partial charge in [-0.15, -0.1) is 0 Å². The molecular formula is C14H23N3O. The van der Waals surface area contributed by atoms with Gasteiger partial charge in [0.25, 0.3) is 0 Å². The molecule has 18 heavy (non-hydrogen) atoms. The molecule has 1 aliphatic carbocycles. The van der Waals surface area contributed by atoms with Gasteiger partial charge in [0.1, 0.15) is 0 Å². The highest BCUT2D eigenvalue weighted by Gasteiger charge is 2.21. The molecule has 1 saturated carbocycles. The normalized spacial score (nSPS) is 17.1. The van der Waals surface area contributed by atoms with E-state index >= 15 is 0 Å². The largest absolute Gasteiger partial charge is 0.390 e. The Kier molecular flexibility index (Phi) is 4.69. The Bertz CT molecular complexity index is 379. The van der Waals surface area contributed by atoms with Crippen LogP contribution in [-0.2, 0) is 6.54 Å². The maximum Gasteiger partial charge on any atom is 0.0791 e. The van der Waals surface area contributed by atoms with Crippen molar-refractivity contribution in [1.29, 1.82) is 0 Å². The second-order valence-electron chi connectivity index (χ2n) is 5.30. The Labute approximate surface area is 109 Å². The first-order valence-electron chi connectivity index (χ1n) is 6.66. The third kappa shape index (κ3) is 4.72. The van der Waals surface area contributed by atoms with Crippen LogP contribution in [0.25, 0.3) is 0 Å². The Morgan fingerprint density at radius 1 is 1.50 bits per heavy atom. The number of hydrogen-bond acceptors (Lipinski definition) is 4. The molecule has 1 aromatic heterocycles. The van der Waals surface area contributed by atoms with Crippen LogP contribution in [0.2, 0.25) is 0 Å². The summed E-state index contributed by atoms with van der Waals surface area (Å²) in [6.07, 6.45) is 2.21. The summed E-state index contributed by atoms with van der Waals surface area (Å²) in [5.74, 6) is 0. The summed E-state index contributed by atoms with van der Waals surface area (Å²) in [5, 5.41) is 13.2. The van der Waals surface area contributed by atoms with Crippen molar-refractivity contribution in [3.05, 3.63) is 29.6 Å². The molecule has 1 unspecified atom stereocenters. The third-order valence-corrected chi connectivity index (χ3v) is 3.12. The number of hydrogen-bond donors (Lipinski definition) is 2. The summed E-state index contributed by atoms with van der Waals surface area (Å²) in [4.78, 5) is 6.58. The maximum atomic E-state index is 9.90. The molecule has 2 rings (SSSR count). The van der Waals surface area contributed by atoms with Crippen molar-refractivity contribution in [3.8, 4) is 0 Å². The van der Waals surface area contributed by atoms with Crippen molar-refractivity contribution in [3.63, 3.8) is 0 Å². The number of pyridine rings is 1. The third-order valence-electron chi connectivity index (χ3n) is 3.12. The van der Waals surface area contributed by atoms with E-state index in [1.807, 2.05) is 32.2 Å². The van der Waals surface area contributed by atoms with E-state index in [9.17, 15) is 5.11 Å². The van der Waals surface area contributed by atoms with E-state index in [4.69, 9.17) is 0 Å². The van der Waals surface area contributed by atoms with Gasteiger partial charge in [-0.2, -0.15) is 0 Å². The fraction of sp³-hybridized carbons (Fsp3) is 0.643. The average molecular weight is 249 g/mol. The van der Waals surface area contributed by atoms with Crippen molar-refractivity contribution in [2.24, 2.45) is 0 Å². The molecule has 0 radical (unpaired) electrons. The smallest absolute Gasteiger partial charge is 0.0791 e. The summed E-state index contributed by atoms with van der Waals surface area (Å²) in [7, 11) is 2.02. The first-order chi connectivity index (χ1) is 8.63. The molecule has 1 aromatic rings. The standard InChI is InChI=1S/C14H23N3O/c1-11-4-3-5-13(16-11)9-17(2)10-14(18)8-15-12-6-7-12/h3-5,12,14-15,18H,6-10H2,1-2H3. The SMILES string of the molecule is Cc1cccc(CN(C)CC(O)CNC2CC2)n1. The Balaban J connectivity index is 1.71. The van der Waals surface area contributed by atoms with Gasteiger partial charge in [-0.3, -0.25) is 9.88 Å². The quantitative estimate of drug-likeness (QED) is 0.755. The van der Waals surface area contributed by atoms with Gasteiger partial charge in [0.05, 0.1) is 11.8 Å². The monoisotopic (exact) mass is 249 g/mol. The van der Waals surface area contributed by atoms with E-state index in [1.54, 1.807) is 0 Å². The Hall–Kier alpha value is -0.970. The lowest BCUT2D eigenvalue weighted by atomic mass is 10.2. The molecule has 0 aliphatic heterocycles. The van der Waals surface area contributed by atoms with Gasteiger partial charge in [-0.1, -0.05) is 6.07 Å².